The van der Waals surface area contributed by atoms with Crippen LogP contribution < -0.4 is 15.2 Å². The van der Waals surface area contributed by atoms with Crippen molar-refractivity contribution in [3.8, 4) is 11.8 Å². The Morgan fingerprint density at radius 1 is 1.23 bits per heavy atom. The van der Waals surface area contributed by atoms with Crippen LogP contribution in [0.5, 0.6) is 11.8 Å². The molecule has 0 fully saturated rings. The van der Waals surface area contributed by atoms with Gasteiger partial charge in [0.25, 0.3) is 11.9 Å². The molecule has 11 heteroatoms. The predicted octanol–water partition coefficient (Wildman–Crippen LogP) is 3.61. The van der Waals surface area contributed by atoms with Crippen LogP contribution in [0.4, 0.5) is 22.0 Å². The minimum Gasteiger partial charge on any atom is -0.490 e. The van der Waals surface area contributed by atoms with Crippen LogP contribution >= 0.6 is 0 Å². The number of rotatable bonds is 6. The van der Waals surface area contributed by atoms with Gasteiger partial charge >= 0.3 is 12.1 Å². The number of hydrogen-bond donors (Lipinski definition) is 1. The highest BCUT2D eigenvalue weighted by Gasteiger charge is 2.66. The van der Waals surface area contributed by atoms with E-state index in [1.165, 1.54) is 24.3 Å². The van der Waals surface area contributed by atoms with Gasteiger partial charge in [-0.2, -0.15) is 26.9 Å². The van der Waals surface area contributed by atoms with Crippen molar-refractivity contribution in [3.63, 3.8) is 0 Å². The van der Waals surface area contributed by atoms with Crippen LogP contribution in [0.1, 0.15) is 35.6 Å². The number of primary amides is 1. The van der Waals surface area contributed by atoms with E-state index in [1.54, 1.807) is 11.5 Å². The summed E-state index contributed by atoms with van der Waals surface area (Å²) in [7, 11) is 0. The highest BCUT2D eigenvalue weighted by Crippen LogP contribution is 2.49. The average Bonchev–Trinajstić information content (AvgIpc) is 3.18. The molecule has 1 aliphatic rings. The standard InChI is InChI=1S/C19H20F5N3O3/c1-10-14(15(25)28)26-16-27(10)8-13(30-16)9-29-12-6-4-11(5-7-12)17(2,3)18(20,21)19(22,23)24/h4-7,13H,8-9H2,1-3H3,(H2,25,28)/t13-/m0/s1. The SMILES string of the molecule is Cc1c(C(N)=O)nc2n1C[C@@H](COc1ccc(C(C)(C)C(F)(F)C(F)(F)F)cc1)O2. The van der Waals surface area contributed by atoms with Crippen molar-refractivity contribution in [3.05, 3.63) is 41.2 Å². The molecule has 6 nitrogen and oxygen atoms in total. The zero-order valence-corrected chi connectivity index (χ0v) is 16.4. The van der Waals surface area contributed by atoms with Crippen LogP contribution in [0, 0.1) is 6.92 Å². The van der Waals surface area contributed by atoms with Gasteiger partial charge in [0.05, 0.1) is 17.7 Å². The zero-order valence-electron chi connectivity index (χ0n) is 16.4. The number of halogens is 5. The van der Waals surface area contributed by atoms with E-state index in [9.17, 15) is 26.7 Å². The first-order chi connectivity index (χ1) is 13.8. The minimum absolute atomic E-state index is 0.0795. The molecular formula is C19H20F5N3O3. The molecule has 1 atom stereocenters. The highest BCUT2D eigenvalue weighted by molar-refractivity contribution is 5.92. The molecule has 0 bridgehead atoms. The maximum atomic E-state index is 13.8. The summed E-state index contributed by atoms with van der Waals surface area (Å²) in [6.45, 7) is 3.81. The number of imidazole rings is 1. The lowest BCUT2D eigenvalue weighted by Gasteiger charge is -2.35. The van der Waals surface area contributed by atoms with Crippen molar-refractivity contribution in [1.29, 1.82) is 0 Å². The van der Waals surface area contributed by atoms with Crippen LogP contribution in [-0.4, -0.2) is 40.3 Å². The van der Waals surface area contributed by atoms with Gasteiger partial charge in [0.1, 0.15) is 12.4 Å². The third-order valence-electron chi connectivity index (χ3n) is 5.23. The van der Waals surface area contributed by atoms with Gasteiger partial charge in [0, 0.05) is 0 Å². The second-order valence-corrected chi connectivity index (χ2v) is 7.58. The molecule has 0 spiro atoms. The lowest BCUT2D eigenvalue weighted by molar-refractivity contribution is -0.305. The van der Waals surface area contributed by atoms with Gasteiger partial charge in [-0.1, -0.05) is 12.1 Å². The van der Waals surface area contributed by atoms with Crippen molar-refractivity contribution in [2.75, 3.05) is 6.61 Å². The number of benzene rings is 1. The van der Waals surface area contributed by atoms with E-state index in [2.05, 4.69) is 4.98 Å². The van der Waals surface area contributed by atoms with Crippen molar-refractivity contribution in [2.24, 2.45) is 5.73 Å². The van der Waals surface area contributed by atoms with Gasteiger partial charge in [0.15, 0.2) is 11.8 Å². The molecule has 1 amide bonds. The number of hydrogen-bond acceptors (Lipinski definition) is 4. The Morgan fingerprint density at radius 3 is 2.33 bits per heavy atom. The molecule has 1 aromatic carbocycles. The predicted molar refractivity (Wildman–Crippen MR) is 95.9 cm³/mol. The molecule has 2 aromatic rings. The Labute approximate surface area is 168 Å². The van der Waals surface area contributed by atoms with Gasteiger partial charge in [0.2, 0.25) is 0 Å². The Bertz CT molecular complexity index is 952. The number of alkyl halides is 5. The molecule has 0 radical (unpaired) electrons. The van der Waals surface area contributed by atoms with E-state index in [0.717, 1.165) is 13.8 Å². The molecule has 164 valence electrons. The quantitative estimate of drug-likeness (QED) is 0.706. The zero-order chi connectivity index (χ0) is 22.5. The summed E-state index contributed by atoms with van der Waals surface area (Å²) < 4.78 is 78.8. The Balaban J connectivity index is 1.64. The summed E-state index contributed by atoms with van der Waals surface area (Å²) in [6.07, 6.45) is -6.08. The Morgan fingerprint density at radius 2 is 1.83 bits per heavy atom. The van der Waals surface area contributed by atoms with E-state index in [-0.39, 0.29) is 29.6 Å². The molecule has 0 aliphatic carbocycles. The number of carbonyl (C=O) groups excluding carboxylic acids is 1. The summed E-state index contributed by atoms with van der Waals surface area (Å²) in [6, 6.07) is 5.25. The van der Waals surface area contributed by atoms with E-state index in [1.807, 2.05) is 0 Å². The van der Waals surface area contributed by atoms with Crippen LogP contribution in [0.15, 0.2) is 24.3 Å². The number of carbonyl (C=O) groups is 1. The van der Waals surface area contributed by atoms with Gasteiger partial charge in [-0.05, 0) is 38.5 Å². The Hall–Kier alpha value is -2.85. The lowest BCUT2D eigenvalue weighted by atomic mass is 9.78. The maximum absolute atomic E-state index is 13.8. The van der Waals surface area contributed by atoms with Crippen molar-refractivity contribution in [2.45, 2.75) is 50.9 Å². The number of nitrogens with zero attached hydrogens (tertiary/aromatic N) is 2. The summed E-state index contributed by atoms with van der Waals surface area (Å²) in [5, 5.41) is 0. The third kappa shape index (κ3) is 3.56. The van der Waals surface area contributed by atoms with Crippen molar-refractivity contribution in [1.82, 2.24) is 9.55 Å². The van der Waals surface area contributed by atoms with E-state index >= 15 is 0 Å². The monoisotopic (exact) mass is 433 g/mol. The van der Waals surface area contributed by atoms with Crippen LogP contribution in [-0.2, 0) is 12.0 Å². The molecule has 0 saturated heterocycles. The highest BCUT2D eigenvalue weighted by atomic mass is 19.4. The van der Waals surface area contributed by atoms with E-state index in [4.69, 9.17) is 15.2 Å². The normalized spacial score (nSPS) is 16.9. The molecule has 0 saturated carbocycles. The van der Waals surface area contributed by atoms with Crippen molar-refractivity contribution >= 4 is 5.91 Å². The van der Waals surface area contributed by atoms with Crippen LogP contribution in [0.25, 0.3) is 0 Å². The minimum atomic E-state index is -5.66. The van der Waals surface area contributed by atoms with Gasteiger partial charge in [-0.15, -0.1) is 0 Å². The molecular weight excluding hydrogens is 413 g/mol. The number of nitrogens with two attached hydrogens (primary N) is 1. The molecule has 2 heterocycles. The number of aromatic nitrogens is 2. The molecule has 2 N–H and O–H groups in total. The first kappa shape index (κ1) is 21.8. The van der Waals surface area contributed by atoms with Crippen molar-refractivity contribution < 1.29 is 36.2 Å². The maximum Gasteiger partial charge on any atom is 0.454 e. The topological polar surface area (TPSA) is 79.4 Å². The van der Waals surface area contributed by atoms with Gasteiger partial charge in [-0.25, -0.2) is 0 Å². The van der Waals surface area contributed by atoms with Gasteiger partial charge < -0.3 is 15.2 Å². The number of fused-ring (bicyclic) bond motifs is 1. The van der Waals surface area contributed by atoms with Gasteiger partial charge in [-0.3, -0.25) is 9.36 Å². The number of ether oxygens (including phenoxy) is 2. The first-order valence-electron chi connectivity index (χ1n) is 8.97. The fourth-order valence-electron chi connectivity index (χ4n) is 3.22. The first-order valence-corrected chi connectivity index (χ1v) is 8.97. The second kappa shape index (κ2) is 7.13. The van der Waals surface area contributed by atoms with Crippen LogP contribution in [0.2, 0.25) is 0 Å². The summed E-state index contributed by atoms with van der Waals surface area (Å²) in [5.74, 6) is -5.28. The third-order valence-corrected chi connectivity index (χ3v) is 5.23. The molecule has 0 unspecified atom stereocenters. The van der Waals surface area contributed by atoms with Crippen LogP contribution in [0.3, 0.4) is 0 Å². The molecule has 30 heavy (non-hydrogen) atoms. The molecule has 1 aliphatic heterocycles. The summed E-state index contributed by atoms with van der Waals surface area (Å²) in [4.78, 5) is 15.3. The average molecular weight is 433 g/mol. The smallest absolute Gasteiger partial charge is 0.454 e. The van der Waals surface area contributed by atoms with E-state index in [0.29, 0.717) is 12.2 Å². The summed E-state index contributed by atoms with van der Waals surface area (Å²) >= 11 is 0. The largest absolute Gasteiger partial charge is 0.490 e. The fraction of sp³-hybridized carbons (Fsp3) is 0.474. The summed E-state index contributed by atoms with van der Waals surface area (Å²) in [5.41, 5.74) is 3.29. The molecule has 1 aromatic heterocycles. The fourth-order valence-corrected chi connectivity index (χ4v) is 3.22. The number of amides is 1. The van der Waals surface area contributed by atoms with E-state index < -0.39 is 29.5 Å². The second-order valence-electron chi connectivity index (χ2n) is 7.58. The Kier molecular flexibility index (Phi) is 5.20. The lowest BCUT2D eigenvalue weighted by Crippen LogP contribution is -2.51. The molecule has 3 rings (SSSR count).